The maximum Gasteiger partial charge on any atom is 0.210 e. The molecule has 3 rings (SSSR count). The number of ether oxygens (including phenoxy) is 1. The normalized spacial score (nSPS) is 18.8. The highest BCUT2D eigenvalue weighted by molar-refractivity contribution is 9.10. The third-order valence-electron chi connectivity index (χ3n) is 4.05. The van der Waals surface area contributed by atoms with Gasteiger partial charge in [-0.05, 0) is 37.5 Å². The Balaban J connectivity index is 2.15. The molecule has 1 amide bonds. The summed E-state index contributed by atoms with van der Waals surface area (Å²) in [4.78, 5) is 17.7. The van der Waals surface area contributed by atoms with Crippen LogP contribution in [0.1, 0.15) is 30.9 Å². The van der Waals surface area contributed by atoms with Gasteiger partial charge in [-0.2, -0.15) is 0 Å². The molecule has 1 aromatic heterocycles. The van der Waals surface area contributed by atoms with Crippen molar-refractivity contribution in [1.82, 2.24) is 9.88 Å². The Bertz CT molecular complexity index is 675. The smallest absolute Gasteiger partial charge is 0.210 e. The first-order valence-electron chi connectivity index (χ1n) is 7.08. The summed E-state index contributed by atoms with van der Waals surface area (Å²) < 4.78 is 6.65. The summed E-state index contributed by atoms with van der Waals surface area (Å²) in [5.74, 6) is 0.819. The van der Waals surface area contributed by atoms with E-state index in [0.717, 1.165) is 58.9 Å². The molecule has 4 nitrogen and oxygen atoms in total. The predicted molar refractivity (Wildman–Crippen MR) is 85.4 cm³/mol. The van der Waals surface area contributed by atoms with E-state index in [9.17, 15) is 4.79 Å². The van der Waals surface area contributed by atoms with Gasteiger partial charge in [0.25, 0.3) is 0 Å². The van der Waals surface area contributed by atoms with E-state index in [1.165, 1.54) is 0 Å². The number of fused-ring (bicyclic) bond motifs is 1. The molecule has 0 radical (unpaired) electrons. The molecule has 2 heterocycles. The summed E-state index contributed by atoms with van der Waals surface area (Å²) >= 11 is 3.49. The fourth-order valence-corrected chi connectivity index (χ4v) is 3.40. The lowest BCUT2D eigenvalue weighted by Crippen LogP contribution is -2.32. The Labute approximate surface area is 132 Å². The van der Waals surface area contributed by atoms with Crippen LogP contribution in [0.25, 0.3) is 10.9 Å². The minimum atomic E-state index is 0.0575. The van der Waals surface area contributed by atoms with E-state index in [-0.39, 0.29) is 6.04 Å². The van der Waals surface area contributed by atoms with Crippen molar-refractivity contribution < 1.29 is 9.53 Å². The molecule has 0 aliphatic carbocycles. The maximum atomic E-state index is 11.3. The number of rotatable bonds is 3. The van der Waals surface area contributed by atoms with Gasteiger partial charge in [0.05, 0.1) is 18.7 Å². The Morgan fingerprint density at radius 2 is 2.29 bits per heavy atom. The highest BCUT2D eigenvalue weighted by Gasteiger charge is 2.26. The number of carbonyl (C=O) groups excluding carboxylic acids is 1. The monoisotopic (exact) mass is 348 g/mol. The number of carbonyl (C=O) groups is 1. The SMILES string of the molecule is COc1c(C2CCCCN2C=O)cnc2ccc(Br)cc12. The summed E-state index contributed by atoms with van der Waals surface area (Å²) in [5.41, 5.74) is 1.89. The number of nitrogens with zero attached hydrogens (tertiary/aromatic N) is 2. The minimum Gasteiger partial charge on any atom is -0.496 e. The van der Waals surface area contributed by atoms with Gasteiger partial charge in [0, 0.05) is 28.2 Å². The van der Waals surface area contributed by atoms with E-state index in [4.69, 9.17) is 4.74 Å². The third-order valence-corrected chi connectivity index (χ3v) is 4.54. The maximum absolute atomic E-state index is 11.3. The first kappa shape index (κ1) is 14.3. The van der Waals surface area contributed by atoms with Crippen molar-refractivity contribution in [1.29, 1.82) is 0 Å². The van der Waals surface area contributed by atoms with E-state index in [2.05, 4.69) is 20.9 Å². The fourth-order valence-electron chi connectivity index (χ4n) is 3.04. The lowest BCUT2D eigenvalue weighted by atomic mass is 9.95. The van der Waals surface area contributed by atoms with Crippen LogP contribution < -0.4 is 4.74 Å². The molecule has 21 heavy (non-hydrogen) atoms. The second kappa shape index (κ2) is 6.02. The first-order valence-corrected chi connectivity index (χ1v) is 7.87. The molecule has 1 saturated heterocycles. The molecule has 1 atom stereocenters. The zero-order valence-corrected chi connectivity index (χ0v) is 13.5. The molecule has 0 N–H and O–H groups in total. The topological polar surface area (TPSA) is 42.4 Å². The van der Waals surface area contributed by atoms with Crippen LogP contribution in [0.15, 0.2) is 28.9 Å². The lowest BCUT2D eigenvalue weighted by Gasteiger charge is -2.33. The number of amides is 1. The summed E-state index contributed by atoms with van der Waals surface area (Å²) in [6, 6.07) is 6.00. The molecule has 0 saturated carbocycles. The summed E-state index contributed by atoms with van der Waals surface area (Å²) in [5, 5.41) is 0.973. The van der Waals surface area contributed by atoms with Crippen molar-refractivity contribution in [2.24, 2.45) is 0 Å². The van der Waals surface area contributed by atoms with Crippen molar-refractivity contribution in [3.8, 4) is 5.75 Å². The van der Waals surface area contributed by atoms with E-state index in [0.29, 0.717) is 0 Å². The number of likely N-dealkylation sites (tertiary alicyclic amines) is 1. The molecule has 0 bridgehead atoms. The second-order valence-corrected chi connectivity index (χ2v) is 6.18. The highest BCUT2D eigenvalue weighted by atomic mass is 79.9. The Kier molecular flexibility index (Phi) is 4.10. The van der Waals surface area contributed by atoms with Gasteiger partial charge in [-0.3, -0.25) is 9.78 Å². The van der Waals surface area contributed by atoms with E-state index in [1.54, 1.807) is 7.11 Å². The van der Waals surface area contributed by atoms with Crippen molar-refractivity contribution >= 4 is 33.2 Å². The molecule has 2 aromatic rings. The quantitative estimate of drug-likeness (QED) is 0.794. The fraction of sp³-hybridized carbons (Fsp3) is 0.375. The van der Waals surface area contributed by atoms with Crippen molar-refractivity contribution in [3.63, 3.8) is 0 Å². The van der Waals surface area contributed by atoms with Gasteiger partial charge in [0.1, 0.15) is 5.75 Å². The lowest BCUT2D eigenvalue weighted by molar-refractivity contribution is -0.121. The van der Waals surface area contributed by atoms with Crippen molar-refractivity contribution in [2.45, 2.75) is 25.3 Å². The van der Waals surface area contributed by atoms with Crippen LogP contribution in [0.5, 0.6) is 5.75 Å². The largest absolute Gasteiger partial charge is 0.496 e. The molecule has 1 fully saturated rings. The number of aromatic nitrogens is 1. The van der Waals surface area contributed by atoms with E-state index in [1.807, 2.05) is 29.3 Å². The molecule has 110 valence electrons. The Morgan fingerprint density at radius 1 is 1.43 bits per heavy atom. The van der Waals surface area contributed by atoms with Crippen LogP contribution in [0.3, 0.4) is 0 Å². The number of hydrogen-bond donors (Lipinski definition) is 0. The molecule has 0 spiro atoms. The average Bonchev–Trinajstić information content (AvgIpc) is 2.53. The standard InChI is InChI=1S/C16H17BrN2O2/c1-21-16-12-8-11(17)5-6-14(12)18-9-13(16)15-4-2-3-7-19(15)10-20/h5-6,8-10,15H,2-4,7H2,1H3. The predicted octanol–water partition coefficient (Wildman–Crippen LogP) is 3.69. The third kappa shape index (κ3) is 2.62. The average molecular weight is 349 g/mol. The number of halogens is 1. The Morgan fingerprint density at radius 3 is 3.05 bits per heavy atom. The van der Waals surface area contributed by atoms with Crippen LogP contribution in [-0.4, -0.2) is 29.9 Å². The van der Waals surface area contributed by atoms with Crippen LogP contribution in [0.4, 0.5) is 0 Å². The zero-order valence-electron chi connectivity index (χ0n) is 11.9. The molecule has 1 aliphatic heterocycles. The van der Waals surface area contributed by atoms with Crippen molar-refractivity contribution in [3.05, 3.63) is 34.4 Å². The van der Waals surface area contributed by atoms with E-state index >= 15 is 0 Å². The number of pyridine rings is 1. The minimum absolute atomic E-state index is 0.0575. The number of piperidine rings is 1. The summed E-state index contributed by atoms with van der Waals surface area (Å²) in [6.07, 6.45) is 5.92. The molecule has 1 aromatic carbocycles. The molecule has 1 unspecified atom stereocenters. The number of benzene rings is 1. The van der Waals surface area contributed by atoms with Gasteiger partial charge < -0.3 is 9.64 Å². The summed E-state index contributed by atoms with van der Waals surface area (Å²) in [7, 11) is 1.67. The zero-order chi connectivity index (χ0) is 14.8. The number of methoxy groups -OCH3 is 1. The van der Waals surface area contributed by atoms with E-state index < -0.39 is 0 Å². The van der Waals surface area contributed by atoms with Crippen LogP contribution >= 0.6 is 15.9 Å². The van der Waals surface area contributed by atoms with Gasteiger partial charge in [-0.25, -0.2) is 0 Å². The highest BCUT2D eigenvalue weighted by Crippen LogP contribution is 2.39. The second-order valence-electron chi connectivity index (χ2n) is 5.26. The molecule has 1 aliphatic rings. The molecular weight excluding hydrogens is 332 g/mol. The molecule has 5 heteroatoms. The Hall–Kier alpha value is -1.62. The van der Waals surface area contributed by atoms with Gasteiger partial charge in [0.2, 0.25) is 6.41 Å². The van der Waals surface area contributed by atoms with Crippen LogP contribution in [0.2, 0.25) is 0 Å². The molecular formula is C16H17BrN2O2. The van der Waals surface area contributed by atoms with Gasteiger partial charge in [0.15, 0.2) is 0 Å². The van der Waals surface area contributed by atoms with Gasteiger partial charge >= 0.3 is 0 Å². The van der Waals surface area contributed by atoms with Gasteiger partial charge in [-0.15, -0.1) is 0 Å². The van der Waals surface area contributed by atoms with Crippen LogP contribution in [0, 0.1) is 0 Å². The van der Waals surface area contributed by atoms with Crippen molar-refractivity contribution in [2.75, 3.05) is 13.7 Å². The van der Waals surface area contributed by atoms with Gasteiger partial charge in [-0.1, -0.05) is 15.9 Å². The first-order chi connectivity index (χ1) is 10.2. The number of hydrogen-bond acceptors (Lipinski definition) is 3. The summed E-state index contributed by atoms with van der Waals surface area (Å²) in [6.45, 7) is 0.799. The van der Waals surface area contributed by atoms with Crippen LogP contribution in [-0.2, 0) is 4.79 Å².